The molecule has 2 aliphatic rings. The SMILES string of the molecule is Cc1cccc(C[N+]2=C3C=CSC3C(=O)N(c3cccc(F)c3)C2=O)c1. The number of hydrogen-bond acceptors (Lipinski definition) is 3. The zero-order valence-electron chi connectivity index (χ0n) is 14.1. The van der Waals surface area contributed by atoms with Crippen LogP contribution >= 0.6 is 11.8 Å². The fourth-order valence-electron chi connectivity index (χ4n) is 3.21. The Morgan fingerprint density at radius 3 is 2.73 bits per heavy atom. The van der Waals surface area contributed by atoms with Crippen molar-refractivity contribution in [2.45, 2.75) is 18.7 Å². The minimum Gasteiger partial charge on any atom is -0.244 e. The van der Waals surface area contributed by atoms with Gasteiger partial charge in [-0.3, -0.25) is 0 Å². The molecule has 2 aromatic rings. The van der Waals surface area contributed by atoms with Gasteiger partial charge in [-0.05, 0) is 36.1 Å². The third-order valence-electron chi connectivity index (χ3n) is 4.39. The van der Waals surface area contributed by atoms with Crippen LogP contribution < -0.4 is 4.90 Å². The first-order valence-electron chi connectivity index (χ1n) is 8.20. The summed E-state index contributed by atoms with van der Waals surface area (Å²) in [6.07, 6.45) is 1.81. The number of fused-ring (bicyclic) bond motifs is 1. The maximum absolute atomic E-state index is 13.6. The van der Waals surface area contributed by atoms with E-state index < -0.39 is 17.1 Å². The summed E-state index contributed by atoms with van der Waals surface area (Å²) < 4.78 is 15.2. The zero-order valence-corrected chi connectivity index (χ0v) is 14.9. The summed E-state index contributed by atoms with van der Waals surface area (Å²) >= 11 is 1.36. The van der Waals surface area contributed by atoms with Crippen LogP contribution in [0.2, 0.25) is 0 Å². The van der Waals surface area contributed by atoms with Crippen molar-refractivity contribution in [2.75, 3.05) is 4.90 Å². The van der Waals surface area contributed by atoms with Crippen LogP contribution in [0.15, 0.2) is 60.0 Å². The summed E-state index contributed by atoms with van der Waals surface area (Å²) in [6, 6.07) is 13.0. The molecule has 0 radical (unpaired) electrons. The fourth-order valence-corrected chi connectivity index (χ4v) is 4.15. The number of thioether (sulfide) groups is 1. The first-order chi connectivity index (χ1) is 12.5. The monoisotopic (exact) mass is 367 g/mol. The van der Waals surface area contributed by atoms with Crippen LogP contribution in [0.5, 0.6) is 0 Å². The number of hydrogen-bond donors (Lipinski definition) is 0. The van der Waals surface area contributed by atoms with E-state index in [4.69, 9.17) is 0 Å². The lowest BCUT2D eigenvalue weighted by Gasteiger charge is -2.24. The molecule has 0 saturated carbocycles. The van der Waals surface area contributed by atoms with Crippen molar-refractivity contribution >= 4 is 35.1 Å². The molecule has 130 valence electrons. The van der Waals surface area contributed by atoms with Crippen molar-refractivity contribution in [3.05, 3.63) is 77.0 Å². The van der Waals surface area contributed by atoms with Crippen LogP contribution in [0, 0.1) is 12.7 Å². The van der Waals surface area contributed by atoms with E-state index in [-0.39, 0.29) is 11.6 Å². The van der Waals surface area contributed by atoms with Crippen molar-refractivity contribution in [1.82, 2.24) is 0 Å². The molecule has 0 aromatic heterocycles. The molecule has 2 heterocycles. The highest BCUT2D eigenvalue weighted by atomic mass is 32.2. The van der Waals surface area contributed by atoms with Gasteiger partial charge in [0, 0.05) is 6.07 Å². The van der Waals surface area contributed by atoms with E-state index in [1.165, 1.54) is 30.0 Å². The van der Waals surface area contributed by atoms with E-state index >= 15 is 0 Å². The number of anilines is 1. The second-order valence-electron chi connectivity index (χ2n) is 6.26. The van der Waals surface area contributed by atoms with Gasteiger partial charge < -0.3 is 0 Å². The highest BCUT2D eigenvalue weighted by molar-refractivity contribution is 8.04. The second kappa shape index (κ2) is 6.53. The average molecular weight is 367 g/mol. The molecule has 0 N–H and O–H groups in total. The first-order valence-corrected chi connectivity index (χ1v) is 9.14. The second-order valence-corrected chi connectivity index (χ2v) is 7.27. The van der Waals surface area contributed by atoms with Crippen molar-refractivity contribution in [1.29, 1.82) is 0 Å². The molecule has 0 spiro atoms. The predicted octanol–water partition coefficient (Wildman–Crippen LogP) is 3.88. The van der Waals surface area contributed by atoms with Gasteiger partial charge in [0.2, 0.25) is 0 Å². The number of urea groups is 1. The van der Waals surface area contributed by atoms with Crippen molar-refractivity contribution < 1.29 is 18.6 Å². The van der Waals surface area contributed by atoms with Crippen LogP contribution in [0.1, 0.15) is 11.1 Å². The summed E-state index contributed by atoms with van der Waals surface area (Å²) in [5, 5.41) is 1.34. The number of benzene rings is 2. The maximum atomic E-state index is 13.6. The molecule has 26 heavy (non-hydrogen) atoms. The minimum absolute atomic E-state index is 0.251. The lowest BCUT2D eigenvalue weighted by atomic mass is 10.1. The highest BCUT2D eigenvalue weighted by Gasteiger charge is 2.50. The fraction of sp³-hybridized carbons (Fsp3) is 0.150. The third kappa shape index (κ3) is 2.86. The molecule has 0 aliphatic carbocycles. The molecule has 0 saturated heterocycles. The molecule has 1 atom stereocenters. The van der Waals surface area contributed by atoms with Gasteiger partial charge in [0.05, 0.1) is 0 Å². The number of nitrogens with zero attached hydrogens (tertiary/aromatic N) is 2. The van der Waals surface area contributed by atoms with E-state index in [1.54, 1.807) is 10.6 Å². The highest BCUT2D eigenvalue weighted by Crippen LogP contribution is 2.31. The van der Waals surface area contributed by atoms with Crippen molar-refractivity contribution in [3.8, 4) is 0 Å². The molecule has 2 aromatic carbocycles. The normalized spacial score (nSPS) is 19.3. The third-order valence-corrected chi connectivity index (χ3v) is 5.40. The number of allylic oxidation sites excluding steroid dienone is 1. The van der Waals surface area contributed by atoms with Crippen LogP contribution in [-0.2, 0) is 11.3 Å². The van der Waals surface area contributed by atoms with Crippen molar-refractivity contribution in [3.63, 3.8) is 0 Å². The van der Waals surface area contributed by atoms with Gasteiger partial charge >= 0.3 is 11.9 Å². The lowest BCUT2D eigenvalue weighted by Crippen LogP contribution is -2.55. The molecule has 1 unspecified atom stereocenters. The van der Waals surface area contributed by atoms with Gasteiger partial charge in [0.1, 0.15) is 23.8 Å². The van der Waals surface area contributed by atoms with Gasteiger partial charge in [0.15, 0.2) is 5.25 Å². The molecule has 4 nitrogen and oxygen atoms in total. The van der Waals surface area contributed by atoms with Crippen LogP contribution in [0.4, 0.5) is 14.9 Å². The van der Waals surface area contributed by atoms with Crippen molar-refractivity contribution in [2.24, 2.45) is 0 Å². The molecular formula is C20H16FN2O2S+. The van der Waals surface area contributed by atoms with E-state index in [9.17, 15) is 14.0 Å². The predicted molar refractivity (Wildman–Crippen MR) is 100.0 cm³/mol. The van der Waals surface area contributed by atoms with Gasteiger partial charge in [-0.2, -0.15) is 9.37 Å². The molecular weight excluding hydrogens is 351 g/mol. The Hall–Kier alpha value is -2.73. The van der Waals surface area contributed by atoms with E-state index in [0.29, 0.717) is 12.3 Å². The van der Waals surface area contributed by atoms with Gasteiger partial charge in [-0.1, -0.05) is 35.9 Å². The Morgan fingerprint density at radius 1 is 1.15 bits per heavy atom. The van der Waals surface area contributed by atoms with E-state index in [2.05, 4.69) is 0 Å². The largest absolute Gasteiger partial charge is 0.506 e. The summed E-state index contributed by atoms with van der Waals surface area (Å²) in [5.41, 5.74) is 3.01. The van der Waals surface area contributed by atoms with Gasteiger partial charge in [-0.15, -0.1) is 16.7 Å². The van der Waals surface area contributed by atoms with Crippen LogP contribution in [0.25, 0.3) is 0 Å². The van der Waals surface area contributed by atoms with Gasteiger partial charge in [0.25, 0.3) is 0 Å². The topological polar surface area (TPSA) is 40.4 Å². The minimum atomic E-state index is -0.486. The van der Waals surface area contributed by atoms with Crippen LogP contribution in [0.3, 0.4) is 0 Å². The Balaban J connectivity index is 1.78. The Kier molecular flexibility index (Phi) is 4.20. The number of carbonyl (C=O) groups is 2. The quantitative estimate of drug-likeness (QED) is 0.773. The first kappa shape index (κ1) is 16.7. The molecule has 3 amide bonds. The molecule has 0 fully saturated rings. The Labute approximate surface area is 154 Å². The molecule has 4 rings (SSSR count). The van der Waals surface area contributed by atoms with Crippen LogP contribution in [-0.4, -0.2) is 27.5 Å². The summed E-state index contributed by atoms with van der Waals surface area (Å²) in [7, 11) is 0. The zero-order chi connectivity index (χ0) is 18.3. The summed E-state index contributed by atoms with van der Waals surface area (Å²) in [4.78, 5) is 27.1. The van der Waals surface area contributed by atoms with E-state index in [0.717, 1.165) is 16.0 Å². The maximum Gasteiger partial charge on any atom is 0.506 e. The number of amides is 3. The lowest BCUT2D eigenvalue weighted by molar-refractivity contribution is -0.444. The molecule has 0 bridgehead atoms. The molecule has 2 aliphatic heterocycles. The Morgan fingerprint density at radius 2 is 1.96 bits per heavy atom. The average Bonchev–Trinajstić information content (AvgIpc) is 3.09. The Bertz CT molecular complexity index is 983. The number of carbonyl (C=O) groups excluding carboxylic acids is 2. The number of rotatable bonds is 3. The summed E-state index contributed by atoms with van der Waals surface area (Å²) in [6.45, 7) is 2.35. The number of halogens is 1. The molecule has 6 heteroatoms. The summed E-state index contributed by atoms with van der Waals surface area (Å²) in [5.74, 6) is -0.827. The van der Waals surface area contributed by atoms with E-state index in [1.807, 2.05) is 42.7 Å². The standard InChI is InChI=1S/C20H16FN2O2S/c1-13-4-2-5-14(10-13)12-22-17-8-9-26-18(17)19(24)23(20(22)25)16-7-3-6-15(21)11-16/h2-11,18H,12H2,1H3/q+1. The smallest absolute Gasteiger partial charge is 0.244 e. The van der Waals surface area contributed by atoms with Gasteiger partial charge in [-0.25, -0.2) is 9.18 Å². The number of imide groups is 1. The number of aryl methyl sites for hydroxylation is 1.